The molecule has 2 N–H and O–H groups in total. The van der Waals surface area contributed by atoms with Crippen LogP contribution in [0.3, 0.4) is 0 Å². The standard InChI is InChI=1S/C23H21ClN6O4/c1-12(2)33-23(32)28-15-8-26-22-29-18(11-30(22)10-15)16-7-14(5-6-17(16)24)27-20(31)19-9-25-21(34-19)13-3-4-13/h5-13H,3-4H2,1-2H3,(H,27,31)(H,28,32). The summed E-state index contributed by atoms with van der Waals surface area (Å²) in [5.41, 5.74) is 2.13. The second kappa shape index (κ2) is 8.79. The first-order chi connectivity index (χ1) is 16.4. The molecule has 0 saturated heterocycles. The van der Waals surface area contributed by atoms with Crippen molar-refractivity contribution in [2.75, 3.05) is 10.6 Å². The third-order valence-electron chi connectivity index (χ3n) is 5.07. The molecule has 0 bridgehead atoms. The Bertz CT molecular complexity index is 1390. The van der Waals surface area contributed by atoms with Crippen molar-refractivity contribution in [2.45, 2.75) is 38.7 Å². The van der Waals surface area contributed by atoms with Crippen LogP contribution in [0.4, 0.5) is 16.2 Å². The maximum atomic E-state index is 12.6. The number of hydrogen-bond donors (Lipinski definition) is 2. The Balaban J connectivity index is 1.36. The molecule has 0 spiro atoms. The summed E-state index contributed by atoms with van der Waals surface area (Å²) in [6.07, 6.45) is 7.59. The maximum Gasteiger partial charge on any atom is 0.411 e. The van der Waals surface area contributed by atoms with Gasteiger partial charge in [0.15, 0.2) is 5.89 Å². The highest BCUT2D eigenvalue weighted by Crippen LogP contribution is 2.39. The van der Waals surface area contributed by atoms with Crippen LogP contribution in [0.5, 0.6) is 0 Å². The first kappa shape index (κ1) is 21.9. The predicted octanol–water partition coefficient (Wildman–Crippen LogP) is 5.12. The van der Waals surface area contributed by atoms with Crippen LogP contribution in [0.15, 0.2) is 47.4 Å². The first-order valence-electron chi connectivity index (χ1n) is 10.7. The fraction of sp³-hybridized carbons (Fsp3) is 0.261. The molecule has 0 radical (unpaired) electrons. The van der Waals surface area contributed by atoms with E-state index >= 15 is 0 Å². The molecule has 1 aliphatic carbocycles. The Labute approximate surface area is 199 Å². The Hall–Kier alpha value is -3.92. The molecule has 1 aliphatic rings. The number of halogens is 1. The molecular weight excluding hydrogens is 460 g/mol. The van der Waals surface area contributed by atoms with Crippen LogP contribution in [-0.2, 0) is 4.74 Å². The molecule has 0 aliphatic heterocycles. The van der Waals surface area contributed by atoms with E-state index in [1.807, 2.05) is 0 Å². The summed E-state index contributed by atoms with van der Waals surface area (Å²) in [6.45, 7) is 3.53. The lowest BCUT2D eigenvalue weighted by atomic mass is 10.1. The molecule has 3 aromatic heterocycles. The number of anilines is 2. The zero-order valence-electron chi connectivity index (χ0n) is 18.4. The maximum absolute atomic E-state index is 12.6. The minimum absolute atomic E-state index is 0.159. The van der Waals surface area contributed by atoms with E-state index in [0.29, 0.717) is 45.2 Å². The largest absolute Gasteiger partial charge is 0.447 e. The molecule has 2 amide bonds. The van der Waals surface area contributed by atoms with Crippen molar-refractivity contribution >= 4 is 40.8 Å². The number of carbonyl (C=O) groups excluding carboxylic acids is 2. The van der Waals surface area contributed by atoms with Gasteiger partial charge in [-0.1, -0.05) is 11.6 Å². The normalized spacial score (nSPS) is 13.3. The molecule has 34 heavy (non-hydrogen) atoms. The summed E-state index contributed by atoms with van der Waals surface area (Å²) in [6, 6.07) is 5.09. The summed E-state index contributed by atoms with van der Waals surface area (Å²) in [5, 5.41) is 5.88. The van der Waals surface area contributed by atoms with Crippen molar-refractivity contribution in [3.63, 3.8) is 0 Å². The smallest absolute Gasteiger partial charge is 0.411 e. The summed E-state index contributed by atoms with van der Waals surface area (Å²) in [5.74, 6) is 1.10. The summed E-state index contributed by atoms with van der Waals surface area (Å²) < 4.78 is 12.3. The molecule has 0 atom stereocenters. The molecule has 4 aromatic rings. The van der Waals surface area contributed by atoms with Gasteiger partial charge in [-0.05, 0) is 44.9 Å². The van der Waals surface area contributed by atoms with Gasteiger partial charge in [0.1, 0.15) is 0 Å². The van der Waals surface area contributed by atoms with Gasteiger partial charge in [-0.15, -0.1) is 0 Å². The van der Waals surface area contributed by atoms with Gasteiger partial charge in [0, 0.05) is 29.6 Å². The minimum atomic E-state index is -0.570. The van der Waals surface area contributed by atoms with Gasteiger partial charge in [-0.25, -0.2) is 19.7 Å². The van der Waals surface area contributed by atoms with E-state index in [0.717, 1.165) is 12.8 Å². The van der Waals surface area contributed by atoms with Gasteiger partial charge in [0.05, 0.1) is 34.9 Å². The summed E-state index contributed by atoms with van der Waals surface area (Å²) in [4.78, 5) is 37.4. The number of imidazole rings is 1. The molecule has 11 heteroatoms. The lowest BCUT2D eigenvalue weighted by Gasteiger charge is -2.09. The Kier molecular flexibility index (Phi) is 5.66. The van der Waals surface area contributed by atoms with Gasteiger partial charge >= 0.3 is 6.09 Å². The number of nitrogens with zero attached hydrogens (tertiary/aromatic N) is 4. The molecule has 10 nitrogen and oxygen atoms in total. The van der Waals surface area contributed by atoms with Crippen molar-refractivity contribution < 1.29 is 18.7 Å². The van der Waals surface area contributed by atoms with Crippen LogP contribution >= 0.6 is 11.6 Å². The van der Waals surface area contributed by atoms with E-state index in [1.54, 1.807) is 48.8 Å². The second-order valence-electron chi connectivity index (χ2n) is 8.24. The SMILES string of the molecule is CC(C)OC(=O)Nc1cnc2nc(-c3cc(NC(=O)c4cnc(C5CC5)o4)ccc3Cl)cn2c1. The van der Waals surface area contributed by atoms with Crippen LogP contribution in [0.2, 0.25) is 5.02 Å². The van der Waals surface area contributed by atoms with Crippen LogP contribution in [-0.4, -0.2) is 37.5 Å². The predicted molar refractivity (Wildman–Crippen MR) is 125 cm³/mol. The van der Waals surface area contributed by atoms with Gasteiger partial charge < -0.3 is 14.5 Å². The molecule has 5 rings (SSSR count). The number of rotatable bonds is 6. The van der Waals surface area contributed by atoms with E-state index in [9.17, 15) is 9.59 Å². The van der Waals surface area contributed by atoms with E-state index in [1.165, 1.54) is 12.4 Å². The minimum Gasteiger partial charge on any atom is -0.447 e. The van der Waals surface area contributed by atoms with Crippen LogP contribution in [0.25, 0.3) is 17.0 Å². The highest BCUT2D eigenvalue weighted by atomic mass is 35.5. The highest BCUT2D eigenvalue weighted by molar-refractivity contribution is 6.33. The van der Waals surface area contributed by atoms with E-state index in [-0.39, 0.29) is 11.9 Å². The second-order valence-corrected chi connectivity index (χ2v) is 8.65. The van der Waals surface area contributed by atoms with Gasteiger partial charge in [0.2, 0.25) is 11.5 Å². The quantitative estimate of drug-likeness (QED) is 0.392. The molecule has 3 heterocycles. The van der Waals surface area contributed by atoms with Gasteiger partial charge in [0.25, 0.3) is 5.91 Å². The molecule has 1 fully saturated rings. The Morgan fingerprint density at radius 2 is 1.97 bits per heavy atom. The Morgan fingerprint density at radius 3 is 2.74 bits per heavy atom. The topological polar surface area (TPSA) is 124 Å². The number of oxazole rings is 1. The highest BCUT2D eigenvalue weighted by Gasteiger charge is 2.29. The van der Waals surface area contributed by atoms with Crippen molar-refractivity contribution in [3.05, 3.63) is 59.7 Å². The first-order valence-corrected chi connectivity index (χ1v) is 11.1. The van der Waals surface area contributed by atoms with Gasteiger partial charge in [-0.2, -0.15) is 0 Å². The van der Waals surface area contributed by atoms with Crippen LogP contribution in [0, 0.1) is 0 Å². The lowest BCUT2D eigenvalue weighted by molar-refractivity contribution is 0.0994. The number of aromatic nitrogens is 4. The summed E-state index contributed by atoms with van der Waals surface area (Å²) >= 11 is 6.42. The molecular formula is C23H21ClN6O4. The zero-order chi connectivity index (χ0) is 23.8. The number of carbonyl (C=O) groups is 2. The van der Waals surface area contributed by atoms with Crippen molar-refractivity contribution in [1.29, 1.82) is 0 Å². The number of benzene rings is 1. The van der Waals surface area contributed by atoms with E-state index < -0.39 is 12.0 Å². The number of ether oxygens (including phenoxy) is 1. The van der Waals surface area contributed by atoms with Crippen molar-refractivity contribution in [2.24, 2.45) is 0 Å². The molecule has 174 valence electrons. The third-order valence-corrected chi connectivity index (χ3v) is 5.40. The average Bonchev–Trinajstić information content (AvgIpc) is 3.36. The van der Waals surface area contributed by atoms with Crippen LogP contribution in [0.1, 0.15) is 49.1 Å². The Morgan fingerprint density at radius 1 is 1.15 bits per heavy atom. The lowest BCUT2D eigenvalue weighted by Crippen LogP contribution is -2.18. The molecule has 1 aromatic carbocycles. The van der Waals surface area contributed by atoms with Crippen molar-refractivity contribution in [3.8, 4) is 11.3 Å². The molecule has 0 unspecified atom stereocenters. The van der Waals surface area contributed by atoms with E-state index in [4.69, 9.17) is 20.8 Å². The summed E-state index contributed by atoms with van der Waals surface area (Å²) in [7, 11) is 0. The zero-order valence-corrected chi connectivity index (χ0v) is 19.2. The van der Waals surface area contributed by atoms with Crippen molar-refractivity contribution in [1.82, 2.24) is 19.4 Å². The fourth-order valence-electron chi connectivity index (χ4n) is 3.34. The van der Waals surface area contributed by atoms with E-state index in [2.05, 4.69) is 25.6 Å². The number of amides is 2. The number of hydrogen-bond acceptors (Lipinski definition) is 7. The number of fused-ring (bicyclic) bond motifs is 1. The number of nitrogens with one attached hydrogen (secondary N) is 2. The average molecular weight is 481 g/mol. The van der Waals surface area contributed by atoms with Crippen LogP contribution < -0.4 is 10.6 Å². The van der Waals surface area contributed by atoms with Gasteiger partial charge in [-0.3, -0.25) is 14.5 Å². The fourth-order valence-corrected chi connectivity index (χ4v) is 3.56. The monoisotopic (exact) mass is 480 g/mol. The molecule has 1 saturated carbocycles. The third kappa shape index (κ3) is 4.72.